The highest BCUT2D eigenvalue weighted by atomic mass is 16.5. The van der Waals surface area contributed by atoms with Gasteiger partial charge in [-0.3, -0.25) is 0 Å². The van der Waals surface area contributed by atoms with E-state index in [1.54, 1.807) is 14.2 Å². The molecule has 0 aromatic heterocycles. The van der Waals surface area contributed by atoms with Crippen LogP contribution in [0, 0.1) is 0 Å². The minimum Gasteiger partial charge on any atom is -0.496 e. The average molecular weight is 310 g/mol. The van der Waals surface area contributed by atoms with Crippen LogP contribution in [0.1, 0.15) is 36.0 Å². The molecule has 0 spiro atoms. The second kappa shape index (κ2) is 6.45. The molecule has 0 bridgehead atoms. The molecule has 1 aliphatic rings. The number of ether oxygens (including phenoxy) is 2. The van der Waals surface area contributed by atoms with E-state index in [0.29, 0.717) is 6.42 Å². The first kappa shape index (κ1) is 15.6. The van der Waals surface area contributed by atoms with Crippen LogP contribution < -0.4 is 9.47 Å². The van der Waals surface area contributed by atoms with Gasteiger partial charge in [-0.15, -0.1) is 0 Å². The zero-order chi connectivity index (χ0) is 16.3. The van der Waals surface area contributed by atoms with E-state index in [2.05, 4.69) is 18.2 Å². The Hall–Kier alpha value is -2.29. The highest BCUT2D eigenvalue weighted by Gasteiger charge is 2.41. The number of benzene rings is 2. The molecule has 3 rings (SSSR count). The van der Waals surface area contributed by atoms with E-state index >= 15 is 0 Å². The molecular weight excluding hydrogens is 288 g/mol. The number of methoxy groups -OCH3 is 2. The van der Waals surface area contributed by atoms with Crippen LogP contribution in [0.5, 0.6) is 11.5 Å². The summed E-state index contributed by atoms with van der Waals surface area (Å²) in [6.07, 6.45) is 4.47. The lowest BCUT2D eigenvalue weighted by atomic mass is 9.64. The van der Waals surface area contributed by atoms with Crippen LogP contribution in [0.3, 0.4) is 0 Å². The van der Waals surface area contributed by atoms with Gasteiger partial charge in [0.2, 0.25) is 0 Å². The van der Waals surface area contributed by atoms with Crippen molar-refractivity contribution in [1.29, 1.82) is 0 Å². The minimum absolute atomic E-state index is 0.380. The Kier molecular flexibility index (Phi) is 4.37. The van der Waals surface area contributed by atoms with Crippen molar-refractivity contribution in [1.82, 2.24) is 0 Å². The predicted molar refractivity (Wildman–Crippen MR) is 90.4 cm³/mol. The molecule has 0 aliphatic heterocycles. The van der Waals surface area contributed by atoms with Gasteiger partial charge in [0.15, 0.2) is 0 Å². The number of hydrogen-bond donors (Lipinski definition) is 0. The molecule has 0 fully saturated rings. The van der Waals surface area contributed by atoms with Crippen LogP contribution in [0.4, 0.5) is 0 Å². The highest BCUT2D eigenvalue weighted by molar-refractivity contribution is 5.64. The number of fused-ring (bicyclic) bond motifs is 1. The number of carbonyl (C=O) groups excluding carboxylic acids is 1. The van der Waals surface area contributed by atoms with E-state index in [4.69, 9.17) is 9.47 Å². The van der Waals surface area contributed by atoms with E-state index in [1.807, 2.05) is 24.3 Å². The molecule has 0 N–H and O–H groups in total. The Labute approximate surface area is 137 Å². The van der Waals surface area contributed by atoms with Crippen LogP contribution in [-0.2, 0) is 16.6 Å². The number of aryl methyl sites for hydroxylation is 1. The van der Waals surface area contributed by atoms with Crippen LogP contribution in [0.2, 0.25) is 0 Å². The third kappa shape index (κ3) is 2.50. The van der Waals surface area contributed by atoms with Crippen LogP contribution >= 0.6 is 0 Å². The molecule has 2 aromatic rings. The lowest BCUT2D eigenvalue weighted by Gasteiger charge is -2.40. The molecule has 0 heterocycles. The van der Waals surface area contributed by atoms with Crippen molar-refractivity contribution in [3.05, 3.63) is 59.2 Å². The van der Waals surface area contributed by atoms with E-state index in [1.165, 1.54) is 11.1 Å². The monoisotopic (exact) mass is 310 g/mol. The first-order valence-corrected chi connectivity index (χ1v) is 8.00. The van der Waals surface area contributed by atoms with Gasteiger partial charge in [0.25, 0.3) is 0 Å². The molecular formula is C20H22O3. The van der Waals surface area contributed by atoms with Crippen LogP contribution in [-0.4, -0.2) is 20.5 Å². The fraction of sp³-hybridized carbons (Fsp3) is 0.350. The van der Waals surface area contributed by atoms with Gasteiger partial charge in [-0.05, 0) is 42.5 Å². The van der Waals surface area contributed by atoms with Crippen molar-refractivity contribution in [2.75, 3.05) is 14.2 Å². The van der Waals surface area contributed by atoms with Crippen molar-refractivity contribution < 1.29 is 14.3 Å². The summed E-state index contributed by atoms with van der Waals surface area (Å²) in [6, 6.07) is 14.2. The molecule has 1 unspecified atom stereocenters. The maximum Gasteiger partial charge on any atom is 0.126 e. The summed E-state index contributed by atoms with van der Waals surface area (Å²) in [5.74, 6) is 1.56. The molecule has 0 saturated carbocycles. The topological polar surface area (TPSA) is 35.5 Å². The van der Waals surface area contributed by atoms with Crippen molar-refractivity contribution >= 4 is 6.29 Å². The molecule has 3 heteroatoms. The third-order valence-electron chi connectivity index (χ3n) is 4.92. The maximum absolute atomic E-state index is 11.6. The number of hydrogen-bond acceptors (Lipinski definition) is 3. The first-order valence-electron chi connectivity index (χ1n) is 8.00. The van der Waals surface area contributed by atoms with E-state index in [0.717, 1.165) is 42.6 Å². The number of rotatable bonds is 5. The van der Waals surface area contributed by atoms with Crippen molar-refractivity contribution in [3.8, 4) is 11.5 Å². The number of carbonyl (C=O) groups is 1. The van der Waals surface area contributed by atoms with Gasteiger partial charge in [-0.25, -0.2) is 0 Å². The molecule has 23 heavy (non-hydrogen) atoms. The average Bonchev–Trinajstić information content (AvgIpc) is 2.61. The lowest BCUT2D eigenvalue weighted by Crippen LogP contribution is -2.33. The van der Waals surface area contributed by atoms with Gasteiger partial charge < -0.3 is 14.3 Å². The summed E-state index contributed by atoms with van der Waals surface area (Å²) in [4.78, 5) is 11.6. The van der Waals surface area contributed by atoms with Gasteiger partial charge in [-0.1, -0.05) is 30.3 Å². The van der Waals surface area contributed by atoms with Gasteiger partial charge in [0.05, 0.1) is 14.2 Å². The molecule has 1 atom stereocenters. The smallest absolute Gasteiger partial charge is 0.126 e. The highest BCUT2D eigenvalue weighted by Crippen LogP contribution is 2.51. The Morgan fingerprint density at radius 2 is 1.74 bits per heavy atom. The van der Waals surface area contributed by atoms with E-state index in [9.17, 15) is 4.79 Å². The zero-order valence-electron chi connectivity index (χ0n) is 13.7. The van der Waals surface area contributed by atoms with Gasteiger partial charge in [-0.2, -0.15) is 0 Å². The summed E-state index contributed by atoms with van der Waals surface area (Å²) in [5, 5.41) is 0. The molecule has 2 aromatic carbocycles. The fourth-order valence-electron chi connectivity index (χ4n) is 3.96. The predicted octanol–water partition coefficient (Wildman–Crippen LogP) is 3.92. The number of aldehydes is 1. The van der Waals surface area contributed by atoms with Crippen molar-refractivity contribution in [2.24, 2.45) is 0 Å². The standard InChI is InChI=1S/C20H22O3/c1-22-17-10-5-11-18(23-2)19(17)20(13-14-21)12-6-8-15-7-3-4-9-16(15)20/h3-5,7,9-11,14H,6,8,12-13H2,1-2H3. The molecule has 3 nitrogen and oxygen atoms in total. The van der Waals surface area contributed by atoms with Crippen molar-refractivity contribution in [3.63, 3.8) is 0 Å². The third-order valence-corrected chi connectivity index (χ3v) is 4.92. The van der Waals surface area contributed by atoms with Gasteiger partial charge in [0.1, 0.15) is 17.8 Å². The Morgan fingerprint density at radius 3 is 2.39 bits per heavy atom. The Morgan fingerprint density at radius 1 is 1.04 bits per heavy atom. The molecule has 0 radical (unpaired) electrons. The summed E-state index contributed by atoms with van der Waals surface area (Å²) >= 11 is 0. The second-order valence-corrected chi connectivity index (χ2v) is 6.00. The zero-order valence-corrected chi connectivity index (χ0v) is 13.7. The van der Waals surface area contributed by atoms with E-state index in [-0.39, 0.29) is 5.41 Å². The maximum atomic E-state index is 11.6. The summed E-state index contributed by atoms with van der Waals surface area (Å²) in [7, 11) is 3.34. The summed E-state index contributed by atoms with van der Waals surface area (Å²) in [6.45, 7) is 0. The SMILES string of the molecule is COc1cccc(OC)c1C1(CC=O)CCCc2ccccc21. The first-order chi connectivity index (χ1) is 11.3. The van der Waals surface area contributed by atoms with Crippen molar-refractivity contribution in [2.45, 2.75) is 31.1 Å². The Balaban J connectivity index is 2.32. The fourth-order valence-corrected chi connectivity index (χ4v) is 3.96. The second-order valence-electron chi connectivity index (χ2n) is 6.00. The quantitative estimate of drug-likeness (QED) is 0.785. The molecule has 120 valence electrons. The van der Waals surface area contributed by atoms with Crippen LogP contribution in [0.25, 0.3) is 0 Å². The van der Waals surface area contributed by atoms with E-state index < -0.39 is 0 Å². The van der Waals surface area contributed by atoms with Gasteiger partial charge >= 0.3 is 0 Å². The largest absolute Gasteiger partial charge is 0.496 e. The summed E-state index contributed by atoms with van der Waals surface area (Å²) < 4.78 is 11.3. The van der Waals surface area contributed by atoms with Crippen LogP contribution in [0.15, 0.2) is 42.5 Å². The lowest BCUT2D eigenvalue weighted by molar-refractivity contribution is -0.108. The normalized spacial score (nSPS) is 19.7. The molecule has 0 saturated heterocycles. The molecule has 1 aliphatic carbocycles. The van der Waals surface area contributed by atoms with Gasteiger partial charge in [0, 0.05) is 17.4 Å². The minimum atomic E-state index is -0.380. The molecule has 0 amide bonds. The Bertz CT molecular complexity index is 686. The summed E-state index contributed by atoms with van der Waals surface area (Å²) in [5.41, 5.74) is 3.15.